The summed E-state index contributed by atoms with van der Waals surface area (Å²) in [6.45, 7) is 0. The van der Waals surface area contributed by atoms with Crippen LogP contribution in [0.4, 0.5) is 5.69 Å². The largest absolute Gasteiger partial charge is 0.505 e. The van der Waals surface area contributed by atoms with Gasteiger partial charge in [0.1, 0.15) is 5.52 Å². The van der Waals surface area contributed by atoms with E-state index in [1.165, 1.54) is 37.7 Å². The fourth-order valence-electron chi connectivity index (χ4n) is 3.79. The van der Waals surface area contributed by atoms with Crippen LogP contribution in [-0.4, -0.2) is 16.0 Å². The quantitative estimate of drug-likeness (QED) is 0.614. The van der Waals surface area contributed by atoms with Gasteiger partial charge in [-0.05, 0) is 48.6 Å². The van der Waals surface area contributed by atoms with Crippen LogP contribution in [0, 0.1) is 0 Å². The van der Waals surface area contributed by atoms with E-state index >= 15 is 0 Å². The Balaban J connectivity index is 0.00000210. The Morgan fingerprint density at radius 2 is 1.74 bits per heavy atom. The summed E-state index contributed by atoms with van der Waals surface area (Å²) in [4.78, 5) is 16.7. The van der Waals surface area contributed by atoms with Crippen molar-refractivity contribution >= 4 is 34.9 Å². The molecule has 2 aromatic carbocycles. The van der Waals surface area contributed by atoms with Crippen molar-refractivity contribution in [2.45, 2.75) is 38.0 Å². The van der Waals surface area contributed by atoms with Crippen molar-refractivity contribution in [3.63, 3.8) is 0 Å². The number of amides is 1. The monoisotopic (exact) mass is 382 g/mol. The number of phenols is 1. The van der Waals surface area contributed by atoms with Crippen LogP contribution in [-0.2, 0) is 0 Å². The third-order valence-electron chi connectivity index (χ3n) is 5.24. The number of halogens is 1. The number of nitrogens with zero attached hydrogens (tertiary/aromatic N) is 1. The molecule has 1 aromatic heterocycles. The average molecular weight is 383 g/mol. The molecule has 4 nitrogen and oxygen atoms in total. The second kappa shape index (κ2) is 8.40. The number of pyridine rings is 1. The lowest BCUT2D eigenvalue weighted by atomic mass is 9.84. The van der Waals surface area contributed by atoms with Gasteiger partial charge in [0, 0.05) is 17.3 Å². The van der Waals surface area contributed by atoms with Gasteiger partial charge in [0.15, 0.2) is 5.75 Å². The highest BCUT2D eigenvalue weighted by molar-refractivity contribution is 6.09. The van der Waals surface area contributed by atoms with Crippen LogP contribution in [0.5, 0.6) is 5.75 Å². The number of rotatable bonds is 3. The number of hydrogen-bond donors (Lipinski definition) is 2. The minimum atomic E-state index is -0.333. The molecule has 140 valence electrons. The van der Waals surface area contributed by atoms with Gasteiger partial charge >= 0.3 is 0 Å². The van der Waals surface area contributed by atoms with E-state index in [1.54, 1.807) is 24.4 Å². The van der Waals surface area contributed by atoms with Crippen molar-refractivity contribution < 1.29 is 9.90 Å². The van der Waals surface area contributed by atoms with Crippen LogP contribution >= 0.6 is 12.4 Å². The van der Waals surface area contributed by atoms with Crippen LogP contribution in [0.15, 0.2) is 54.7 Å². The lowest BCUT2D eigenvalue weighted by Crippen LogP contribution is -2.12. The van der Waals surface area contributed by atoms with E-state index in [0.29, 0.717) is 11.4 Å². The number of anilines is 1. The fraction of sp³-hybridized carbons (Fsp3) is 0.273. The molecule has 4 rings (SSSR count). The second-order valence-electron chi connectivity index (χ2n) is 6.95. The second-order valence-corrected chi connectivity index (χ2v) is 6.95. The van der Waals surface area contributed by atoms with E-state index in [9.17, 15) is 9.90 Å². The number of nitrogens with one attached hydrogen (secondary N) is 1. The molecule has 27 heavy (non-hydrogen) atoms. The Labute approximate surface area is 165 Å². The van der Waals surface area contributed by atoms with E-state index in [2.05, 4.69) is 22.4 Å². The Morgan fingerprint density at radius 3 is 2.48 bits per heavy atom. The van der Waals surface area contributed by atoms with Gasteiger partial charge in [0.2, 0.25) is 0 Å². The summed E-state index contributed by atoms with van der Waals surface area (Å²) in [6, 6.07) is 15.2. The van der Waals surface area contributed by atoms with Crippen LogP contribution in [0.1, 0.15) is 53.9 Å². The minimum Gasteiger partial charge on any atom is -0.505 e. The molecule has 1 saturated carbocycles. The topological polar surface area (TPSA) is 62.2 Å². The van der Waals surface area contributed by atoms with Gasteiger partial charge in [-0.2, -0.15) is 0 Å². The van der Waals surface area contributed by atoms with Crippen molar-refractivity contribution in [2.24, 2.45) is 0 Å². The predicted octanol–water partition coefficient (Wildman–Crippen LogP) is 5.66. The lowest BCUT2D eigenvalue weighted by Gasteiger charge is -2.22. The first-order valence-electron chi connectivity index (χ1n) is 9.20. The number of carbonyl (C=O) groups excluding carboxylic acids is 1. The highest BCUT2D eigenvalue weighted by atomic mass is 35.5. The molecule has 1 heterocycles. The lowest BCUT2D eigenvalue weighted by molar-refractivity contribution is 0.102. The third-order valence-corrected chi connectivity index (χ3v) is 5.24. The number of fused-ring (bicyclic) bond motifs is 1. The highest BCUT2D eigenvalue weighted by Crippen LogP contribution is 2.33. The van der Waals surface area contributed by atoms with Gasteiger partial charge in [-0.3, -0.25) is 9.78 Å². The summed E-state index contributed by atoms with van der Waals surface area (Å²) < 4.78 is 0. The molecule has 0 radical (unpaired) electrons. The van der Waals surface area contributed by atoms with Crippen molar-refractivity contribution in [2.75, 3.05) is 5.32 Å². The molecule has 2 N–H and O–H groups in total. The van der Waals surface area contributed by atoms with Gasteiger partial charge in [-0.1, -0.05) is 43.5 Å². The van der Waals surface area contributed by atoms with E-state index in [4.69, 9.17) is 0 Å². The Morgan fingerprint density at radius 1 is 1.00 bits per heavy atom. The van der Waals surface area contributed by atoms with Crippen molar-refractivity contribution in [1.82, 2.24) is 4.98 Å². The third kappa shape index (κ3) is 4.06. The molecule has 5 heteroatoms. The maximum absolute atomic E-state index is 12.6. The molecular formula is C22H23ClN2O2. The van der Waals surface area contributed by atoms with Gasteiger partial charge in [-0.15, -0.1) is 12.4 Å². The first kappa shape index (κ1) is 19.2. The van der Waals surface area contributed by atoms with Crippen LogP contribution in [0.3, 0.4) is 0 Å². The van der Waals surface area contributed by atoms with E-state index in [1.807, 2.05) is 18.2 Å². The van der Waals surface area contributed by atoms with Gasteiger partial charge in [-0.25, -0.2) is 0 Å². The first-order valence-corrected chi connectivity index (χ1v) is 9.20. The molecule has 0 spiro atoms. The molecule has 1 amide bonds. The van der Waals surface area contributed by atoms with E-state index < -0.39 is 0 Å². The van der Waals surface area contributed by atoms with Crippen molar-refractivity contribution in [1.29, 1.82) is 0 Å². The molecule has 0 aliphatic heterocycles. The number of carbonyl (C=O) groups is 1. The Kier molecular flexibility index (Phi) is 5.97. The predicted molar refractivity (Wildman–Crippen MR) is 111 cm³/mol. The standard InChI is InChI=1S/C22H22N2O2.ClH/c25-21-19(13-10-17-7-4-14-23-20(17)21)22(26)24-18-11-8-16(9-12-18)15-5-2-1-3-6-15;/h4,7-15,25H,1-3,5-6H2,(H,24,26);1H. The fourth-order valence-corrected chi connectivity index (χ4v) is 3.79. The normalized spacial score (nSPS) is 14.5. The maximum Gasteiger partial charge on any atom is 0.259 e. The summed E-state index contributed by atoms with van der Waals surface area (Å²) in [5, 5.41) is 14.1. The van der Waals surface area contributed by atoms with Crippen molar-refractivity contribution in [3.8, 4) is 5.75 Å². The SMILES string of the molecule is Cl.O=C(Nc1ccc(C2CCCCC2)cc1)c1ccc2cccnc2c1O. The number of phenolic OH excluding ortho intramolecular Hbond substituents is 1. The molecule has 1 aliphatic carbocycles. The zero-order chi connectivity index (χ0) is 17.9. The van der Waals surface area contributed by atoms with Crippen LogP contribution in [0.25, 0.3) is 10.9 Å². The summed E-state index contributed by atoms with van der Waals surface area (Å²) in [5.74, 6) is 0.226. The number of aromatic nitrogens is 1. The average Bonchev–Trinajstić information content (AvgIpc) is 2.69. The number of hydrogen-bond acceptors (Lipinski definition) is 3. The molecule has 0 saturated heterocycles. The first-order chi connectivity index (χ1) is 12.7. The molecule has 3 aromatic rings. The zero-order valence-corrected chi connectivity index (χ0v) is 15.8. The van der Waals surface area contributed by atoms with Crippen LogP contribution in [0.2, 0.25) is 0 Å². The minimum absolute atomic E-state index is 0. The number of benzene rings is 2. The Bertz CT molecular complexity index is 935. The molecule has 1 fully saturated rings. The van der Waals surface area contributed by atoms with E-state index in [-0.39, 0.29) is 29.6 Å². The molecule has 0 unspecified atom stereocenters. The zero-order valence-electron chi connectivity index (χ0n) is 15.0. The van der Waals surface area contributed by atoms with Gasteiger partial charge in [0.25, 0.3) is 5.91 Å². The molecular weight excluding hydrogens is 360 g/mol. The van der Waals surface area contributed by atoms with Gasteiger partial charge < -0.3 is 10.4 Å². The van der Waals surface area contributed by atoms with Crippen LogP contribution < -0.4 is 5.32 Å². The van der Waals surface area contributed by atoms with E-state index in [0.717, 1.165) is 11.1 Å². The van der Waals surface area contributed by atoms with Crippen molar-refractivity contribution in [3.05, 3.63) is 65.9 Å². The summed E-state index contributed by atoms with van der Waals surface area (Å²) in [5.41, 5.74) is 2.75. The summed E-state index contributed by atoms with van der Waals surface area (Å²) in [6.07, 6.45) is 8.06. The van der Waals surface area contributed by atoms with Gasteiger partial charge in [0.05, 0.1) is 5.56 Å². The number of aromatic hydroxyl groups is 1. The highest BCUT2D eigenvalue weighted by Gasteiger charge is 2.17. The smallest absolute Gasteiger partial charge is 0.259 e. The molecule has 1 aliphatic rings. The summed E-state index contributed by atoms with van der Waals surface area (Å²) >= 11 is 0. The summed E-state index contributed by atoms with van der Waals surface area (Å²) in [7, 11) is 0. The molecule has 0 atom stereocenters. The molecule has 0 bridgehead atoms. The Hall–Kier alpha value is -2.59. The maximum atomic E-state index is 12.6.